The van der Waals surface area contributed by atoms with Crippen molar-refractivity contribution in [2.45, 2.75) is 37.7 Å². The molecule has 194 valence electrons. The highest BCUT2D eigenvalue weighted by atomic mass is 32.2. The Morgan fingerprint density at radius 3 is 2.51 bits per heavy atom. The SMILES string of the molecule is Cc1cc(COc2ccc(S(=O)(=O)CC3(C(=O)NO)CN(C(=O)CC4CC4)C3)cc2)c2ccccc2n1. The number of aromatic nitrogens is 1. The molecule has 1 aliphatic heterocycles. The summed E-state index contributed by atoms with van der Waals surface area (Å²) in [4.78, 5) is 30.9. The second kappa shape index (κ2) is 9.75. The number of pyridine rings is 1. The summed E-state index contributed by atoms with van der Waals surface area (Å²) in [6.07, 6.45) is 2.46. The van der Waals surface area contributed by atoms with Gasteiger partial charge in [-0.2, -0.15) is 0 Å². The molecule has 1 saturated heterocycles. The van der Waals surface area contributed by atoms with Crippen molar-refractivity contribution in [3.8, 4) is 5.75 Å². The summed E-state index contributed by atoms with van der Waals surface area (Å²) in [6, 6.07) is 15.8. The molecular weight excluding hydrogens is 494 g/mol. The lowest BCUT2D eigenvalue weighted by molar-refractivity contribution is -0.156. The number of carbonyl (C=O) groups excluding carboxylic acids is 2. The lowest BCUT2D eigenvalue weighted by Gasteiger charge is -2.48. The number of sulfone groups is 1. The summed E-state index contributed by atoms with van der Waals surface area (Å²) in [5.41, 5.74) is 2.93. The second-order valence-electron chi connectivity index (χ2n) is 10.1. The van der Waals surface area contributed by atoms with Gasteiger partial charge in [-0.1, -0.05) is 18.2 Å². The predicted molar refractivity (Wildman–Crippen MR) is 136 cm³/mol. The van der Waals surface area contributed by atoms with Gasteiger partial charge < -0.3 is 9.64 Å². The summed E-state index contributed by atoms with van der Waals surface area (Å²) < 4.78 is 32.3. The Morgan fingerprint density at radius 2 is 1.84 bits per heavy atom. The maximum atomic E-state index is 13.2. The summed E-state index contributed by atoms with van der Waals surface area (Å²) in [5, 5.41) is 10.2. The number of amides is 2. The van der Waals surface area contributed by atoms with Crippen LogP contribution in [0.15, 0.2) is 59.5 Å². The van der Waals surface area contributed by atoms with E-state index in [0.717, 1.165) is 35.0 Å². The van der Waals surface area contributed by atoms with Crippen molar-refractivity contribution in [2.75, 3.05) is 18.8 Å². The molecule has 2 N–H and O–H groups in total. The fourth-order valence-electron chi connectivity index (χ4n) is 4.84. The van der Waals surface area contributed by atoms with Gasteiger partial charge in [-0.15, -0.1) is 0 Å². The Bertz CT molecular complexity index is 1440. The molecule has 0 spiro atoms. The number of rotatable bonds is 9. The standard InChI is InChI=1S/C27H29N3O6S/c1-18-12-20(23-4-2-3-5-24(23)28-18)14-36-21-8-10-22(11-9-21)37(34,35)17-27(26(32)29-33)15-30(16-27)25(31)13-19-6-7-19/h2-5,8-12,19,33H,6-7,13-17H2,1H3,(H,29,32). The molecule has 0 bridgehead atoms. The quantitative estimate of drug-likeness (QED) is 0.326. The van der Waals surface area contributed by atoms with Crippen LogP contribution in [0.1, 0.15) is 30.5 Å². The zero-order valence-corrected chi connectivity index (χ0v) is 21.3. The molecule has 1 aromatic heterocycles. The summed E-state index contributed by atoms with van der Waals surface area (Å²) in [7, 11) is -3.89. The highest BCUT2D eigenvalue weighted by Crippen LogP contribution is 2.38. The zero-order chi connectivity index (χ0) is 26.2. The fourth-order valence-corrected chi connectivity index (χ4v) is 6.60. The van der Waals surface area contributed by atoms with Gasteiger partial charge in [0.2, 0.25) is 5.91 Å². The molecule has 37 heavy (non-hydrogen) atoms. The normalized spacial score (nSPS) is 16.8. The molecule has 9 nitrogen and oxygen atoms in total. The van der Waals surface area contributed by atoms with E-state index in [1.54, 1.807) is 17.6 Å². The van der Waals surface area contributed by atoms with Gasteiger partial charge in [0.25, 0.3) is 5.91 Å². The molecule has 2 amide bonds. The van der Waals surface area contributed by atoms with Gasteiger partial charge in [-0.05, 0) is 62.1 Å². The summed E-state index contributed by atoms with van der Waals surface area (Å²) >= 11 is 0. The van der Waals surface area contributed by atoms with Crippen molar-refractivity contribution in [3.63, 3.8) is 0 Å². The minimum absolute atomic E-state index is 0.0370. The highest BCUT2D eigenvalue weighted by Gasteiger charge is 2.54. The van der Waals surface area contributed by atoms with Crippen LogP contribution in [0.2, 0.25) is 0 Å². The van der Waals surface area contributed by atoms with E-state index in [1.807, 2.05) is 37.3 Å². The zero-order valence-electron chi connectivity index (χ0n) is 20.5. The molecule has 0 radical (unpaired) electrons. The lowest BCUT2D eigenvalue weighted by atomic mass is 9.80. The molecule has 2 heterocycles. The number of nitrogens with one attached hydrogen (secondary N) is 1. The van der Waals surface area contributed by atoms with Crippen molar-refractivity contribution in [1.82, 2.24) is 15.4 Å². The topological polar surface area (TPSA) is 126 Å². The van der Waals surface area contributed by atoms with E-state index in [-0.39, 0.29) is 23.9 Å². The maximum Gasteiger partial charge on any atom is 0.254 e. The third-order valence-corrected chi connectivity index (χ3v) is 8.98. The van der Waals surface area contributed by atoms with Gasteiger partial charge >= 0.3 is 0 Å². The molecule has 2 fully saturated rings. The van der Waals surface area contributed by atoms with Crippen LogP contribution in [-0.4, -0.2) is 54.2 Å². The Balaban J connectivity index is 1.26. The average Bonchev–Trinajstić information content (AvgIpc) is 3.68. The first-order chi connectivity index (χ1) is 17.7. The number of likely N-dealkylation sites (tertiary alicyclic amines) is 1. The summed E-state index contributed by atoms with van der Waals surface area (Å²) in [6.45, 7) is 2.14. The number of aryl methyl sites for hydroxylation is 1. The number of para-hydroxylation sites is 1. The molecule has 10 heteroatoms. The smallest absolute Gasteiger partial charge is 0.254 e. The number of hydrogen-bond acceptors (Lipinski definition) is 7. The molecule has 2 aromatic carbocycles. The van der Waals surface area contributed by atoms with Gasteiger partial charge in [0.1, 0.15) is 17.8 Å². The van der Waals surface area contributed by atoms with Crippen molar-refractivity contribution in [2.24, 2.45) is 11.3 Å². The van der Waals surface area contributed by atoms with E-state index in [4.69, 9.17) is 4.74 Å². The first kappa shape index (κ1) is 25.2. The van der Waals surface area contributed by atoms with Gasteiger partial charge in [0.05, 0.1) is 16.2 Å². The minimum atomic E-state index is -3.89. The number of carbonyl (C=O) groups is 2. The van der Waals surface area contributed by atoms with Crippen LogP contribution in [0.5, 0.6) is 5.75 Å². The lowest BCUT2D eigenvalue weighted by Crippen LogP contribution is -2.66. The molecule has 2 aliphatic rings. The second-order valence-corrected chi connectivity index (χ2v) is 12.1. The van der Waals surface area contributed by atoms with E-state index in [1.165, 1.54) is 17.0 Å². The molecule has 1 aliphatic carbocycles. The van der Waals surface area contributed by atoms with E-state index < -0.39 is 26.9 Å². The molecule has 3 aromatic rings. The van der Waals surface area contributed by atoms with Crippen molar-refractivity contribution in [3.05, 3.63) is 65.9 Å². The van der Waals surface area contributed by atoms with Crippen LogP contribution >= 0.6 is 0 Å². The molecule has 5 rings (SSSR count). The Kier molecular flexibility index (Phi) is 6.63. The molecule has 1 saturated carbocycles. The van der Waals surface area contributed by atoms with Gasteiger partial charge in [0.15, 0.2) is 9.84 Å². The van der Waals surface area contributed by atoms with E-state index in [9.17, 15) is 23.2 Å². The van der Waals surface area contributed by atoms with Crippen LogP contribution in [0.4, 0.5) is 0 Å². The van der Waals surface area contributed by atoms with Crippen molar-refractivity contribution < 1.29 is 28.0 Å². The molecule has 0 atom stereocenters. The van der Waals surface area contributed by atoms with Gasteiger partial charge in [-0.3, -0.25) is 19.8 Å². The number of benzene rings is 2. The van der Waals surface area contributed by atoms with Gasteiger partial charge in [-0.25, -0.2) is 13.9 Å². The Hall–Kier alpha value is -3.50. The largest absolute Gasteiger partial charge is 0.489 e. The van der Waals surface area contributed by atoms with E-state index in [2.05, 4.69) is 4.98 Å². The first-order valence-electron chi connectivity index (χ1n) is 12.2. The maximum absolute atomic E-state index is 13.2. The van der Waals surface area contributed by atoms with Crippen LogP contribution in [0.3, 0.4) is 0 Å². The van der Waals surface area contributed by atoms with Crippen LogP contribution in [-0.2, 0) is 26.0 Å². The first-order valence-corrected chi connectivity index (χ1v) is 13.9. The van der Waals surface area contributed by atoms with E-state index in [0.29, 0.717) is 24.7 Å². The third-order valence-electron chi connectivity index (χ3n) is 7.06. The number of nitrogens with zero attached hydrogens (tertiary/aromatic N) is 2. The number of hydrogen-bond donors (Lipinski definition) is 2. The average molecular weight is 524 g/mol. The van der Waals surface area contributed by atoms with Crippen LogP contribution in [0, 0.1) is 18.3 Å². The van der Waals surface area contributed by atoms with Crippen LogP contribution < -0.4 is 10.2 Å². The molecule has 0 unspecified atom stereocenters. The Labute approximate surface area is 215 Å². The number of ether oxygens (including phenoxy) is 1. The van der Waals surface area contributed by atoms with Gasteiger partial charge in [0, 0.05) is 36.2 Å². The Morgan fingerprint density at radius 1 is 1.14 bits per heavy atom. The van der Waals surface area contributed by atoms with Crippen LogP contribution in [0.25, 0.3) is 10.9 Å². The van der Waals surface area contributed by atoms with E-state index >= 15 is 0 Å². The summed E-state index contributed by atoms with van der Waals surface area (Å²) in [5.74, 6) is -0.505. The van der Waals surface area contributed by atoms with Crippen molar-refractivity contribution >= 4 is 32.6 Å². The molecular formula is C27H29N3O6S. The number of fused-ring (bicyclic) bond motifs is 1. The minimum Gasteiger partial charge on any atom is -0.489 e. The van der Waals surface area contributed by atoms with Crippen molar-refractivity contribution in [1.29, 1.82) is 0 Å². The third kappa shape index (κ3) is 5.30. The monoisotopic (exact) mass is 523 g/mol. The fraction of sp³-hybridized carbons (Fsp3) is 0.370. The number of hydroxylamine groups is 1. The predicted octanol–water partition coefficient (Wildman–Crippen LogP) is 3.03. The highest BCUT2D eigenvalue weighted by molar-refractivity contribution is 7.91.